The van der Waals surface area contributed by atoms with Crippen molar-refractivity contribution in [1.29, 1.82) is 0 Å². The molecule has 0 aliphatic heterocycles. The standard InChI is InChI=1S/C28H30N8O/c1-28(2)12-11-21-23(14-28)31-32-27(21)34(3)26-22-17-36(33-25(22)29-18-30-26)16-20-9-7-19(8-10-20)15-35-13-5-4-6-24(35)37/h4-10,13,17-18H,11-12,14-16H2,1-3H3,(H,31,32). The molecule has 0 spiro atoms. The molecule has 9 nitrogen and oxygen atoms in total. The highest BCUT2D eigenvalue weighted by Gasteiger charge is 2.30. The molecule has 1 aliphatic rings. The van der Waals surface area contributed by atoms with Gasteiger partial charge in [-0.2, -0.15) is 10.2 Å². The molecule has 0 saturated heterocycles. The Hall–Kier alpha value is -4.27. The number of nitrogens with zero attached hydrogens (tertiary/aromatic N) is 7. The van der Waals surface area contributed by atoms with Crippen LogP contribution in [0.1, 0.15) is 42.7 Å². The van der Waals surface area contributed by atoms with E-state index < -0.39 is 0 Å². The Kier molecular flexibility index (Phi) is 5.62. The third-order valence-corrected chi connectivity index (χ3v) is 7.24. The number of rotatable bonds is 6. The number of pyridine rings is 1. The molecule has 188 valence electrons. The summed E-state index contributed by atoms with van der Waals surface area (Å²) in [6.45, 7) is 5.77. The summed E-state index contributed by atoms with van der Waals surface area (Å²) in [5.41, 5.74) is 5.62. The van der Waals surface area contributed by atoms with Gasteiger partial charge in [0.2, 0.25) is 0 Å². The molecule has 0 radical (unpaired) electrons. The number of hydrogen-bond donors (Lipinski definition) is 1. The summed E-state index contributed by atoms with van der Waals surface area (Å²) in [7, 11) is 2.01. The van der Waals surface area contributed by atoms with Crippen molar-refractivity contribution >= 4 is 22.7 Å². The number of hydrogen-bond acceptors (Lipinski definition) is 6. The van der Waals surface area contributed by atoms with E-state index in [1.54, 1.807) is 29.2 Å². The van der Waals surface area contributed by atoms with Gasteiger partial charge in [0.25, 0.3) is 5.56 Å². The smallest absolute Gasteiger partial charge is 0.250 e. The van der Waals surface area contributed by atoms with Gasteiger partial charge in [-0.3, -0.25) is 14.6 Å². The average molecular weight is 495 g/mol. The Morgan fingerprint density at radius 1 is 1.03 bits per heavy atom. The van der Waals surface area contributed by atoms with Crippen molar-refractivity contribution in [2.24, 2.45) is 5.41 Å². The molecule has 1 aromatic carbocycles. The van der Waals surface area contributed by atoms with Gasteiger partial charge in [-0.05, 0) is 41.9 Å². The summed E-state index contributed by atoms with van der Waals surface area (Å²) in [6, 6.07) is 13.5. The fourth-order valence-corrected chi connectivity index (χ4v) is 5.15. The van der Waals surface area contributed by atoms with E-state index in [0.29, 0.717) is 18.7 Å². The average Bonchev–Trinajstić information content (AvgIpc) is 3.48. The summed E-state index contributed by atoms with van der Waals surface area (Å²) < 4.78 is 3.60. The Balaban J connectivity index is 1.23. The van der Waals surface area contributed by atoms with Crippen molar-refractivity contribution in [3.05, 3.63) is 93.9 Å². The molecule has 0 unspecified atom stereocenters. The van der Waals surface area contributed by atoms with Crippen LogP contribution in [0.2, 0.25) is 0 Å². The molecule has 6 rings (SSSR count). The van der Waals surface area contributed by atoms with Crippen LogP contribution >= 0.6 is 0 Å². The fraction of sp³-hybridized carbons (Fsp3) is 0.321. The first-order chi connectivity index (χ1) is 17.9. The molecule has 0 bridgehead atoms. The predicted molar refractivity (Wildman–Crippen MR) is 143 cm³/mol. The maximum absolute atomic E-state index is 12.0. The third-order valence-electron chi connectivity index (χ3n) is 7.24. The molecule has 0 fully saturated rings. The van der Waals surface area contributed by atoms with Gasteiger partial charge >= 0.3 is 0 Å². The molecule has 0 amide bonds. The first kappa shape index (κ1) is 23.1. The number of nitrogens with one attached hydrogen (secondary N) is 1. The summed E-state index contributed by atoms with van der Waals surface area (Å²) in [6.07, 6.45) is 8.51. The van der Waals surface area contributed by atoms with Crippen LogP contribution in [-0.2, 0) is 25.9 Å². The number of aromatic nitrogens is 7. The normalized spacial score (nSPS) is 14.6. The topological polar surface area (TPSA) is 97.5 Å². The van der Waals surface area contributed by atoms with E-state index in [-0.39, 0.29) is 11.0 Å². The highest BCUT2D eigenvalue weighted by Crippen LogP contribution is 2.39. The second-order valence-corrected chi connectivity index (χ2v) is 10.6. The minimum atomic E-state index is -0.00382. The first-order valence-corrected chi connectivity index (χ1v) is 12.6. The van der Waals surface area contributed by atoms with Crippen LogP contribution in [0.15, 0.2) is 66.0 Å². The molecule has 5 aromatic rings. The lowest BCUT2D eigenvalue weighted by Crippen LogP contribution is -2.23. The molecule has 4 heterocycles. The van der Waals surface area contributed by atoms with Crippen molar-refractivity contribution in [3.63, 3.8) is 0 Å². The van der Waals surface area contributed by atoms with Gasteiger partial charge in [-0.25, -0.2) is 9.97 Å². The second-order valence-electron chi connectivity index (χ2n) is 10.6. The lowest BCUT2D eigenvalue weighted by atomic mass is 9.77. The summed E-state index contributed by atoms with van der Waals surface area (Å²) in [5, 5.41) is 13.5. The zero-order chi connectivity index (χ0) is 25.6. The number of benzene rings is 1. The van der Waals surface area contributed by atoms with Gasteiger partial charge in [-0.15, -0.1) is 0 Å². The summed E-state index contributed by atoms with van der Waals surface area (Å²) in [5.74, 6) is 1.71. The lowest BCUT2D eigenvalue weighted by Gasteiger charge is -2.29. The van der Waals surface area contributed by atoms with Gasteiger partial charge in [0.05, 0.1) is 18.5 Å². The van der Waals surface area contributed by atoms with Crippen molar-refractivity contribution in [2.75, 3.05) is 11.9 Å². The first-order valence-electron chi connectivity index (χ1n) is 12.6. The highest BCUT2D eigenvalue weighted by atomic mass is 16.1. The molecule has 1 N–H and O–H groups in total. The lowest BCUT2D eigenvalue weighted by molar-refractivity contribution is 0.312. The summed E-state index contributed by atoms with van der Waals surface area (Å²) >= 11 is 0. The number of anilines is 2. The van der Waals surface area contributed by atoms with Gasteiger partial charge in [0, 0.05) is 36.8 Å². The number of aromatic amines is 1. The molecular formula is C28H30N8O. The maximum atomic E-state index is 12.0. The predicted octanol–water partition coefficient (Wildman–Crippen LogP) is 4.09. The SMILES string of the molecule is CN(c1n[nH]c2c1CCC(C)(C)C2)c1ncnc2nn(Cc3ccc(Cn4ccccc4=O)cc3)cc12. The summed E-state index contributed by atoms with van der Waals surface area (Å²) in [4.78, 5) is 23.1. The van der Waals surface area contributed by atoms with Gasteiger partial charge in [0.15, 0.2) is 11.5 Å². The van der Waals surface area contributed by atoms with Crippen molar-refractivity contribution in [1.82, 2.24) is 34.5 Å². The van der Waals surface area contributed by atoms with Crippen LogP contribution in [-0.4, -0.2) is 41.6 Å². The van der Waals surface area contributed by atoms with Crippen molar-refractivity contribution in [2.45, 2.75) is 46.2 Å². The van der Waals surface area contributed by atoms with Crippen LogP contribution in [0, 0.1) is 5.41 Å². The van der Waals surface area contributed by atoms with E-state index >= 15 is 0 Å². The van der Waals surface area contributed by atoms with E-state index in [4.69, 9.17) is 5.10 Å². The van der Waals surface area contributed by atoms with Crippen LogP contribution in [0.4, 0.5) is 11.6 Å². The van der Waals surface area contributed by atoms with Crippen LogP contribution in [0.25, 0.3) is 11.0 Å². The quantitative estimate of drug-likeness (QED) is 0.382. The highest BCUT2D eigenvalue weighted by molar-refractivity contribution is 5.88. The number of H-pyrrole nitrogens is 1. The third kappa shape index (κ3) is 4.52. The van der Waals surface area contributed by atoms with Gasteiger partial charge in [-0.1, -0.05) is 44.2 Å². The van der Waals surface area contributed by atoms with Crippen LogP contribution in [0.3, 0.4) is 0 Å². The maximum Gasteiger partial charge on any atom is 0.250 e. The molecular weight excluding hydrogens is 464 g/mol. The minimum Gasteiger partial charge on any atom is -0.312 e. The number of fused-ring (bicyclic) bond motifs is 2. The Morgan fingerprint density at radius 3 is 2.59 bits per heavy atom. The van der Waals surface area contributed by atoms with E-state index in [1.165, 1.54) is 11.3 Å². The van der Waals surface area contributed by atoms with Crippen molar-refractivity contribution in [3.8, 4) is 0 Å². The fourth-order valence-electron chi connectivity index (χ4n) is 5.15. The van der Waals surface area contributed by atoms with Gasteiger partial charge < -0.3 is 9.47 Å². The van der Waals surface area contributed by atoms with Gasteiger partial charge in [0.1, 0.15) is 12.1 Å². The molecule has 0 atom stereocenters. The molecule has 37 heavy (non-hydrogen) atoms. The van der Waals surface area contributed by atoms with E-state index in [1.807, 2.05) is 28.9 Å². The van der Waals surface area contributed by atoms with Crippen molar-refractivity contribution < 1.29 is 0 Å². The largest absolute Gasteiger partial charge is 0.312 e. The zero-order valence-electron chi connectivity index (χ0n) is 21.3. The molecule has 9 heteroatoms. The minimum absolute atomic E-state index is 0.00382. The Bertz CT molecular complexity index is 1630. The molecule has 0 saturated carbocycles. The second kappa shape index (κ2) is 8.99. The zero-order valence-corrected chi connectivity index (χ0v) is 21.3. The van der Waals surface area contributed by atoms with Crippen LogP contribution in [0.5, 0.6) is 0 Å². The molecule has 4 aromatic heterocycles. The van der Waals surface area contributed by atoms with E-state index in [2.05, 4.69) is 58.3 Å². The molecule has 1 aliphatic carbocycles. The monoisotopic (exact) mass is 494 g/mol. The Labute approximate surface area is 214 Å². The van der Waals surface area contributed by atoms with E-state index in [9.17, 15) is 4.79 Å². The van der Waals surface area contributed by atoms with E-state index in [0.717, 1.165) is 47.4 Å². The van der Waals surface area contributed by atoms with Crippen LogP contribution < -0.4 is 10.5 Å². The Morgan fingerprint density at radius 2 is 1.81 bits per heavy atom.